The van der Waals surface area contributed by atoms with Crippen molar-refractivity contribution in [3.63, 3.8) is 0 Å². The Labute approximate surface area is 211 Å². The Hall–Kier alpha value is -2.61. The molecule has 188 valence electrons. The van der Waals surface area contributed by atoms with Crippen LogP contribution in [0.2, 0.25) is 0 Å². The van der Waals surface area contributed by atoms with Crippen LogP contribution in [0.4, 0.5) is 0 Å². The number of aromatic nitrogens is 2. The van der Waals surface area contributed by atoms with Gasteiger partial charge < -0.3 is 10.2 Å². The molecule has 0 spiro atoms. The number of rotatable bonds is 9. The van der Waals surface area contributed by atoms with Crippen LogP contribution in [0.15, 0.2) is 30.3 Å². The maximum absolute atomic E-state index is 13.8. The Morgan fingerprint density at radius 3 is 2.54 bits per heavy atom. The number of likely N-dealkylation sites (tertiary alicyclic amines) is 1. The first-order chi connectivity index (χ1) is 17.0. The van der Waals surface area contributed by atoms with E-state index in [1.165, 1.54) is 18.0 Å². The van der Waals surface area contributed by atoms with Crippen molar-refractivity contribution in [2.75, 3.05) is 6.54 Å². The molecular formula is C27H36N4O3S. The molecule has 0 unspecified atom stereocenters. The van der Waals surface area contributed by atoms with E-state index < -0.39 is 12.1 Å². The highest BCUT2D eigenvalue weighted by molar-refractivity contribution is 7.06. The second-order valence-corrected chi connectivity index (χ2v) is 10.8. The van der Waals surface area contributed by atoms with Crippen LogP contribution in [0.1, 0.15) is 70.1 Å². The van der Waals surface area contributed by atoms with E-state index in [4.69, 9.17) is 0 Å². The molecule has 2 amide bonds. The Morgan fingerprint density at radius 1 is 1.09 bits per heavy atom. The minimum atomic E-state index is -0.546. The quantitative estimate of drug-likeness (QED) is 0.555. The van der Waals surface area contributed by atoms with Crippen LogP contribution in [0, 0.1) is 11.8 Å². The Kier molecular flexibility index (Phi) is 8.65. The van der Waals surface area contributed by atoms with Gasteiger partial charge >= 0.3 is 0 Å². The van der Waals surface area contributed by atoms with Gasteiger partial charge in [-0.25, -0.2) is 0 Å². The van der Waals surface area contributed by atoms with Crippen molar-refractivity contribution in [3.8, 4) is 11.3 Å². The van der Waals surface area contributed by atoms with Crippen molar-refractivity contribution in [2.45, 2.75) is 83.7 Å². The zero-order valence-corrected chi connectivity index (χ0v) is 21.6. The van der Waals surface area contributed by atoms with Crippen molar-refractivity contribution in [1.29, 1.82) is 0 Å². The van der Waals surface area contributed by atoms with E-state index in [9.17, 15) is 14.4 Å². The fourth-order valence-electron chi connectivity index (χ4n) is 5.29. The molecule has 2 aliphatic rings. The summed E-state index contributed by atoms with van der Waals surface area (Å²) in [5.41, 5.74) is 1.68. The standard InChI is InChI=1S/C27H36N4O3S/c1-3-18(2)26(33)28-25(20-13-8-5-9-14-20)27(34)31-16-10-15-21(31)22(32)17-23-24(29-30-35-23)19-11-6-4-7-12-19/h4,6-7,11-12,18,20-21,25H,3,5,8-10,13-17H2,1-2H3,(H,28,33)/t18-,21+,25-/m0/s1. The Bertz CT molecular complexity index is 1020. The van der Waals surface area contributed by atoms with Gasteiger partial charge in [-0.15, -0.1) is 5.10 Å². The monoisotopic (exact) mass is 496 g/mol. The van der Waals surface area contributed by atoms with Gasteiger partial charge in [0.25, 0.3) is 0 Å². The third-order valence-corrected chi connectivity index (χ3v) is 8.31. The van der Waals surface area contributed by atoms with Crippen molar-refractivity contribution in [3.05, 3.63) is 35.2 Å². The molecule has 1 saturated carbocycles. The van der Waals surface area contributed by atoms with Gasteiger partial charge in [-0.1, -0.05) is 67.9 Å². The molecule has 35 heavy (non-hydrogen) atoms. The Morgan fingerprint density at radius 2 is 1.83 bits per heavy atom. The summed E-state index contributed by atoms with van der Waals surface area (Å²) in [5.74, 6) is -0.136. The molecule has 1 N–H and O–H groups in total. The van der Waals surface area contributed by atoms with E-state index in [0.717, 1.165) is 54.7 Å². The molecule has 0 radical (unpaired) electrons. The normalized spacial score (nSPS) is 20.4. The van der Waals surface area contributed by atoms with Crippen LogP contribution in [0.5, 0.6) is 0 Å². The predicted octanol–water partition coefficient (Wildman–Crippen LogP) is 4.42. The Balaban J connectivity index is 1.50. The van der Waals surface area contributed by atoms with Gasteiger partial charge in [0.1, 0.15) is 11.7 Å². The van der Waals surface area contributed by atoms with Crippen molar-refractivity contribution < 1.29 is 14.4 Å². The summed E-state index contributed by atoms with van der Waals surface area (Å²) in [5, 5.41) is 7.35. The highest BCUT2D eigenvalue weighted by Crippen LogP contribution is 2.31. The lowest BCUT2D eigenvalue weighted by Crippen LogP contribution is -2.55. The molecule has 0 bridgehead atoms. The topological polar surface area (TPSA) is 92.3 Å². The van der Waals surface area contributed by atoms with Crippen LogP contribution in [0.25, 0.3) is 11.3 Å². The summed E-state index contributed by atoms with van der Waals surface area (Å²) in [6.07, 6.45) is 7.62. The number of amides is 2. The van der Waals surface area contributed by atoms with Crippen LogP contribution >= 0.6 is 11.5 Å². The SMILES string of the molecule is CC[C@H](C)C(=O)N[C@H](C(=O)N1CCC[C@@H]1C(=O)Cc1snnc1-c1ccccc1)C1CCCCC1. The van der Waals surface area contributed by atoms with Crippen molar-refractivity contribution in [1.82, 2.24) is 19.8 Å². The molecule has 4 rings (SSSR count). The van der Waals surface area contributed by atoms with Crippen LogP contribution < -0.4 is 5.32 Å². The zero-order valence-electron chi connectivity index (χ0n) is 20.7. The van der Waals surface area contributed by atoms with Crippen molar-refractivity contribution >= 4 is 29.1 Å². The number of carbonyl (C=O) groups is 3. The number of nitrogens with zero attached hydrogens (tertiary/aromatic N) is 3. The first-order valence-electron chi connectivity index (χ1n) is 13.0. The number of hydrogen-bond donors (Lipinski definition) is 1. The summed E-state index contributed by atoms with van der Waals surface area (Å²) in [6, 6.07) is 8.75. The second-order valence-electron chi connectivity index (χ2n) is 9.94. The molecule has 1 aromatic heterocycles. The molecule has 1 saturated heterocycles. The largest absolute Gasteiger partial charge is 0.344 e. The summed E-state index contributed by atoms with van der Waals surface area (Å²) < 4.78 is 4.09. The number of nitrogens with one attached hydrogen (secondary N) is 1. The van der Waals surface area contributed by atoms with E-state index in [1.807, 2.05) is 44.2 Å². The molecular weight excluding hydrogens is 460 g/mol. The second kappa shape index (κ2) is 11.9. The average molecular weight is 497 g/mol. The van der Waals surface area contributed by atoms with Gasteiger partial charge in [0, 0.05) is 24.4 Å². The molecule has 8 heteroatoms. The number of Topliss-reactive ketones (excluding diaryl/α,β-unsaturated/α-hetero) is 1. The summed E-state index contributed by atoms with van der Waals surface area (Å²) >= 11 is 1.24. The highest BCUT2D eigenvalue weighted by atomic mass is 32.1. The number of hydrogen-bond acceptors (Lipinski definition) is 6. The zero-order chi connectivity index (χ0) is 24.8. The van der Waals surface area contributed by atoms with E-state index >= 15 is 0 Å². The number of ketones is 1. The lowest BCUT2D eigenvalue weighted by molar-refractivity contribution is -0.142. The van der Waals surface area contributed by atoms with Gasteiger partial charge in [-0.3, -0.25) is 14.4 Å². The summed E-state index contributed by atoms with van der Waals surface area (Å²) in [4.78, 5) is 42.6. The maximum atomic E-state index is 13.8. The first kappa shape index (κ1) is 25.5. The fourth-order valence-corrected chi connectivity index (χ4v) is 5.96. The first-order valence-corrected chi connectivity index (χ1v) is 13.8. The highest BCUT2D eigenvalue weighted by Gasteiger charge is 2.41. The fraction of sp³-hybridized carbons (Fsp3) is 0.593. The van der Waals surface area contributed by atoms with Crippen LogP contribution in [-0.4, -0.2) is 50.7 Å². The molecule has 1 aliphatic carbocycles. The lowest BCUT2D eigenvalue weighted by atomic mass is 9.83. The minimum Gasteiger partial charge on any atom is -0.344 e. The third-order valence-electron chi connectivity index (χ3n) is 7.59. The van der Waals surface area contributed by atoms with Gasteiger partial charge in [0.15, 0.2) is 5.78 Å². The number of benzene rings is 1. The van der Waals surface area contributed by atoms with Crippen LogP contribution in [-0.2, 0) is 20.8 Å². The summed E-state index contributed by atoms with van der Waals surface area (Å²) in [6.45, 7) is 4.44. The van der Waals surface area contributed by atoms with Gasteiger partial charge in [-0.05, 0) is 49.6 Å². The van der Waals surface area contributed by atoms with Crippen molar-refractivity contribution in [2.24, 2.45) is 11.8 Å². The maximum Gasteiger partial charge on any atom is 0.246 e. The minimum absolute atomic E-state index is 0.0229. The molecule has 3 atom stereocenters. The van der Waals surface area contributed by atoms with Crippen LogP contribution in [0.3, 0.4) is 0 Å². The summed E-state index contributed by atoms with van der Waals surface area (Å²) in [7, 11) is 0. The lowest BCUT2D eigenvalue weighted by Gasteiger charge is -2.35. The molecule has 2 aromatic rings. The number of carbonyl (C=O) groups excluding carboxylic acids is 3. The van der Waals surface area contributed by atoms with Gasteiger partial charge in [0.2, 0.25) is 11.8 Å². The molecule has 7 nitrogen and oxygen atoms in total. The molecule has 2 heterocycles. The van der Waals surface area contributed by atoms with Gasteiger partial charge in [0.05, 0.1) is 10.9 Å². The molecule has 2 fully saturated rings. The smallest absolute Gasteiger partial charge is 0.246 e. The van der Waals surface area contributed by atoms with Gasteiger partial charge in [-0.2, -0.15) is 0 Å². The van der Waals surface area contributed by atoms with E-state index in [1.54, 1.807) is 4.90 Å². The molecule has 1 aliphatic heterocycles. The average Bonchev–Trinajstić information content (AvgIpc) is 3.57. The van der Waals surface area contributed by atoms with E-state index in [0.29, 0.717) is 13.0 Å². The molecule has 1 aromatic carbocycles. The third kappa shape index (κ3) is 5.97. The predicted molar refractivity (Wildman–Crippen MR) is 137 cm³/mol. The van der Waals surface area contributed by atoms with E-state index in [-0.39, 0.29) is 35.9 Å². The van der Waals surface area contributed by atoms with E-state index in [2.05, 4.69) is 14.9 Å².